The summed E-state index contributed by atoms with van der Waals surface area (Å²) in [6.07, 6.45) is 11.5. The number of rotatable bonds is 13. The fourth-order valence-corrected chi connectivity index (χ4v) is 2.38. The van der Waals surface area contributed by atoms with Gasteiger partial charge in [0, 0.05) is 0 Å². The topological polar surface area (TPSA) is 49.7 Å². The van der Waals surface area contributed by atoms with Gasteiger partial charge in [-0.15, -0.1) is 0 Å². The van der Waals surface area contributed by atoms with E-state index in [0.717, 1.165) is 13.0 Å². The predicted octanol–water partition coefficient (Wildman–Crippen LogP) is 4.87. The molecule has 0 spiro atoms. The molecule has 0 saturated heterocycles. The molecule has 4 heteroatoms. The van der Waals surface area contributed by atoms with E-state index < -0.39 is 0 Å². The Labute approximate surface area is 131 Å². The molecule has 2 N–H and O–H groups in total. The number of hydrogen-bond donors (Lipinski definition) is 2. The van der Waals surface area contributed by atoms with Gasteiger partial charge in [0.25, 0.3) is 0 Å². The second kappa shape index (κ2) is 11.7. The molecule has 0 amide bonds. The Balaban J connectivity index is 3.77. The van der Waals surface area contributed by atoms with Crippen molar-refractivity contribution in [1.29, 1.82) is 0 Å². The van der Waals surface area contributed by atoms with Crippen LogP contribution >= 0.6 is 0 Å². The van der Waals surface area contributed by atoms with E-state index in [-0.39, 0.29) is 16.3 Å². The van der Waals surface area contributed by atoms with Crippen LogP contribution < -0.4 is 0 Å². The summed E-state index contributed by atoms with van der Waals surface area (Å²) in [6.45, 7) is 5.18. The third kappa shape index (κ3) is 9.62. The van der Waals surface area contributed by atoms with Gasteiger partial charge in [-0.2, -0.15) is 0 Å². The lowest BCUT2D eigenvalue weighted by molar-refractivity contribution is -0.869. The molecule has 0 bridgehead atoms. The minimum atomic E-state index is -0.349. The second-order valence-corrected chi connectivity index (χ2v) is 6.30. The van der Waals surface area contributed by atoms with Crippen molar-refractivity contribution < 1.29 is 19.4 Å². The van der Waals surface area contributed by atoms with Gasteiger partial charge in [0.15, 0.2) is 0 Å². The summed E-state index contributed by atoms with van der Waals surface area (Å²) in [6, 6.07) is 0. The summed E-state index contributed by atoms with van der Waals surface area (Å²) in [5.41, 5.74) is 0. The van der Waals surface area contributed by atoms with Crippen LogP contribution in [0.5, 0.6) is 0 Å². The maximum absolute atomic E-state index is 9.98. The van der Waals surface area contributed by atoms with Crippen molar-refractivity contribution in [2.24, 2.45) is 0 Å². The molecule has 0 unspecified atom stereocenters. The second-order valence-electron chi connectivity index (χ2n) is 6.30. The standard InChI is InChI=1S/C17H35NO3/c1-5-7-8-9-10-11-12-13-14-15-18(3,4)16(19)17(20)21-6-2/h5-15H2,1-4H3,(H-,19,20)/p+1. The van der Waals surface area contributed by atoms with Gasteiger partial charge in [-0.25, -0.2) is 0 Å². The molecule has 0 fully saturated rings. The van der Waals surface area contributed by atoms with E-state index in [0.29, 0.717) is 6.61 Å². The van der Waals surface area contributed by atoms with Crippen LogP contribution in [0.2, 0.25) is 0 Å². The van der Waals surface area contributed by atoms with E-state index in [4.69, 9.17) is 4.74 Å². The fourth-order valence-electron chi connectivity index (χ4n) is 2.38. The third-order valence-corrected chi connectivity index (χ3v) is 3.87. The average Bonchev–Trinajstić information content (AvgIpc) is 2.45. The van der Waals surface area contributed by atoms with E-state index in [2.05, 4.69) is 6.92 Å². The highest BCUT2D eigenvalue weighted by Gasteiger charge is 2.26. The quantitative estimate of drug-likeness (QED) is 0.290. The van der Waals surface area contributed by atoms with Crippen LogP contribution in [0.1, 0.15) is 71.6 Å². The van der Waals surface area contributed by atoms with Gasteiger partial charge in [-0.3, -0.25) is 4.48 Å². The van der Waals surface area contributed by atoms with Crippen molar-refractivity contribution in [3.8, 4) is 0 Å². The van der Waals surface area contributed by atoms with Crippen LogP contribution in [0.4, 0.5) is 0 Å². The van der Waals surface area contributed by atoms with E-state index >= 15 is 0 Å². The smallest absolute Gasteiger partial charge is 0.382 e. The van der Waals surface area contributed by atoms with Crippen molar-refractivity contribution in [3.05, 3.63) is 11.8 Å². The van der Waals surface area contributed by atoms with Gasteiger partial charge in [-0.1, -0.05) is 51.9 Å². The number of quaternary nitrogens is 1. The summed E-state index contributed by atoms with van der Waals surface area (Å²) >= 11 is 0. The minimum Gasteiger partial charge on any atom is -0.474 e. The summed E-state index contributed by atoms with van der Waals surface area (Å²) < 4.78 is 5.22. The molecule has 21 heavy (non-hydrogen) atoms. The van der Waals surface area contributed by atoms with E-state index in [1.165, 1.54) is 51.4 Å². The zero-order chi connectivity index (χ0) is 16.1. The SMILES string of the molecule is CCCCCCCCCCC[N+](C)(C)C(O)=C(O)OCC. The summed E-state index contributed by atoms with van der Waals surface area (Å²) in [4.78, 5) is 0. The Morgan fingerprint density at radius 2 is 1.29 bits per heavy atom. The third-order valence-electron chi connectivity index (χ3n) is 3.87. The van der Waals surface area contributed by atoms with Crippen LogP contribution in [0.3, 0.4) is 0 Å². The molecule has 0 aromatic heterocycles. The molecule has 0 aliphatic heterocycles. The van der Waals surface area contributed by atoms with E-state index in [9.17, 15) is 10.2 Å². The fraction of sp³-hybridized carbons (Fsp3) is 0.882. The largest absolute Gasteiger partial charge is 0.474 e. The highest BCUT2D eigenvalue weighted by atomic mass is 16.6. The average molecular weight is 302 g/mol. The zero-order valence-electron chi connectivity index (χ0n) is 14.5. The first-order valence-electron chi connectivity index (χ1n) is 8.54. The van der Waals surface area contributed by atoms with Gasteiger partial charge in [0.1, 0.15) is 0 Å². The molecular weight excluding hydrogens is 266 g/mol. The number of aliphatic hydroxyl groups excluding tert-OH is 2. The Morgan fingerprint density at radius 1 is 0.810 bits per heavy atom. The van der Waals surface area contributed by atoms with Crippen LogP contribution in [-0.4, -0.2) is 41.9 Å². The molecular formula is C17H36NO3+. The molecule has 126 valence electrons. The molecule has 0 rings (SSSR count). The first-order chi connectivity index (χ1) is 9.95. The summed E-state index contributed by atoms with van der Waals surface area (Å²) in [5.74, 6) is -0.435. The van der Waals surface area contributed by atoms with Gasteiger partial charge in [-0.05, 0) is 19.8 Å². The number of unbranched alkanes of at least 4 members (excludes halogenated alkanes) is 8. The van der Waals surface area contributed by atoms with Gasteiger partial charge >= 0.3 is 11.8 Å². The normalized spacial score (nSPS) is 13.1. The van der Waals surface area contributed by atoms with E-state index in [1.807, 2.05) is 14.1 Å². The number of hydrogen-bond acceptors (Lipinski definition) is 3. The van der Waals surface area contributed by atoms with Gasteiger partial charge < -0.3 is 14.9 Å². The number of ether oxygens (including phenoxy) is 1. The lowest BCUT2D eigenvalue weighted by Gasteiger charge is -2.27. The molecule has 0 saturated carbocycles. The summed E-state index contributed by atoms with van der Waals surface area (Å²) in [5, 5.41) is 19.6. The lowest BCUT2D eigenvalue weighted by atomic mass is 10.1. The Bertz CT molecular complexity index is 288. The van der Waals surface area contributed by atoms with Crippen LogP contribution in [-0.2, 0) is 4.74 Å². The van der Waals surface area contributed by atoms with Crippen LogP contribution in [0, 0.1) is 0 Å². The van der Waals surface area contributed by atoms with Crippen molar-refractivity contribution in [2.45, 2.75) is 71.6 Å². The van der Waals surface area contributed by atoms with Crippen molar-refractivity contribution in [3.63, 3.8) is 0 Å². The molecule has 0 heterocycles. The summed E-state index contributed by atoms with van der Waals surface area (Å²) in [7, 11) is 3.77. The Hall–Kier alpha value is -0.900. The number of aliphatic hydroxyl groups is 2. The first kappa shape index (κ1) is 20.1. The number of nitrogens with zero attached hydrogens (tertiary/aromatic N) is 1. The maximum Gasteiger partial charge on any atom is 0.382 e. The van der Waals surface area contributed by atoms with Crippen molar-refractivity contribution in [2.75, 3.05) is 27.2 Å². The highest BCUT2D eigenvalue weighted by Crippen LogP contribution is 2.16. The maximum atomic E-state index is 9.98. The molecule has 0 aliphatic rings. The van der Waals surface area contributed by atoms with Crippen LogP contribution in [0.25, 0.3) is 0 Å². The first-order valence-corrected chi connectivity index (χ1v) is 8.54. The Kier molecular flexibility index (Phi) is 11.2. The molecule has 0 radical (unpaired) electrons. The molecule has 0 aromatic carbocycles. The van der Waals surface area contributed by atoms with Crippen LogP contribution in [0.15, 0.2) is 11.8 Å². The minimum absolute atomic E-state index is 0.0867. The molecule has 0 aliphatic carbocycles. The van der Waals surface area contributed by atoms with Crippen molar-refractivity contribution >= 4 is 0 Å². The van der Waals surface area contributed by atoms with Gasteiger partial charge in [0.05, 0.1) is 27.2 Å². The highest BCUT2D eigenvalue weighted by molar-refractivity contribution is 4.81. The van der Waals surface area contributed by atoms with Gasteiger partial charge in [0.2, 0.25) is 0 Å². The molecule has 4 nitrogen and oxygen atoms in total. The van der Waals surface area contributed by atoms with E-state index in [1.54, 1.807) is 6.92 Å². The lowest BCUT2D eigenvalue weighted by Crippen LogP contribution is -2.40. The monoisotopic (exact) mass is 302 g/mol. The molecule has 0 atom stereocenters. The molecule has 0 aromatic rings. The zero-order valence-corrected chi connectivity index (χ0v) is 14.5. The van der Waals surface area contributed by atoms with Crippen molar-refractivity contribution in [1.82, 2.24) is 0 Å². The Morgan fingerprint density at radius 3 is 1.76 bits per heavy atom. The predicted molar refractivity (Wildman–Crippen MR) is 88.1 cm³/mol.